The third kappa shape index (κ3) is 1.69. The Morgan fingerprint density at radius 1 is 1.21 bits per heavy atom. The van der Waals surface area contributed by atoms with E-state index in [2.05, 4.69) is 4.98 Å². The molecule has 0 fully saturated rings. The normalized spacial score (nSPS) is 10.8. The molecule has 4 heteroatoms. The molecule has 1 heterocycles. The first-order chi connectivity index (χ1) is 6.70. The van der Waals surface area contributed by atoms with Crippen molar-refractivity contribution in [1.29, 1.82) is 0 Å². The van der Waals surface area contributed by atoms with E-state index in [4.69, 9.17) is 28.3 Å². The maximum absolute atomic E-state index is 8.99. The second kappa shape index (κ2) is 3.73. The van der Waals surface area contributed by atoms with E-state index in [0.717, 1.165) is 10.9 Å². The number of fused-ring (bicyclic) bond motifs is 1. The van der Waals surface area contributed by atoms with Crippen LogP contribution in [-0.4, -0.2) is 10.1 Å². The third-order valence-corrected chi connectivity index (χ3v) is 2.54. The maximum atomic E-state index is 8.99. The Kier molecular flexibility index (Phi) is 2.59. The van der Waals surface area contributed by atoms with Gasteiger partial charge in [-0.15, -0.1) is 0 Å². The van der Waals surface area contributed by atoms with Crippen molar-refractivity contribution in [3.63, 3.8) is 0 Å². The molecule has 14 heavy (non-hydrogen) atoms. The fraction of sp³-hybridized carbons (Fsp3) is 0.100. The zero-order chi connectivity index (χ0) is 10.1. The van der Waals surface area contributed by atoms with Crippen molar-refractivity contribution in [1.82, 2.24) is 4.98 Å². The molecular weight excluding hydrogens is 221 g/mol. The molecule has 1 aromatic heterocycles. The number of nitrogens with zero attached hydrogens (tertiary/aromatic N) is 1. The van der Waals surface area contributed by atoms with Gasteiger partial charge < -0.3 is 5.11 Å². The van der Waals surface area contributed by atoms with E-state index in [-0.39, 0.29) is 6.61 Å². The summed E-state index contributed by atoms with van der Waals surface area (Å²) in [7, 11) is 0. The van der Waals surface area contributed by atoms with Crippen molar-refractivity contribution in [3.8, 4) is 0 Å². The lowest BCUT2D eigenvalue weighted by atomic mass is 10.2. The SMILES string of the molecule is OCc1cc2cc(Cl)ccc2nc1Cl. The molecule has 0 aliphatic carbocycles. The fourth-order valence-electron chi connectivity index (χ4n) is 1.28. The standard InChI is InChI=1S/C10H7Cl2NO/c11-8-1-2-9-6(4-8)3-7(5-14)10(12)13-9/h1-4,14H,5H2. The molecule has 2 nitrogen and oxygen atoms in total. The van der Waals surface area contributed by atoms with Crippen LogP contribution in [0.15, 0.2) is 24.3 Å². The van der Waals surface area contributed by atoms with Gasteiger partial charge in [-0.05, 0) is 24.3 Å². The van der Waals surface area contributed by atoms with Crippen molar-refractivity contribution in [3.05, 3.63) is 40.0 Å². The second-order valence-corrected chi connectivity index (χ2v) is 3.73. The van der Waals surface area contributed by atoms with Crippen LogP contribution in [0.3, 0.4) is 0 Å². The van der Waals surface area contributed by atoms with Gasteiger partial charge in [0, 0.05) is 16.0 Å². The largest absolute Gasteiger partial charge is 0.392 e. The minimum atomic E-state index is -0.117. The smallest absolute Gasteiger partial charge is 0.135 e. The van der Waals surface area contributed by atoms with Crippen LogP contribution in [0.25, 0.3) is 10.9 Å². The van der Waals surface area contributed by atoms with Gasteiger partial charge in [-0.25, -0.2) is 4.98 Å². The number of aliphatic hydroxyl groups is 1. The van der Waals surface area contributed by atoms with Gasteiger partial charge in [0.25, 0.3) is 0 Å². The maximum Gasteiger partial charge on any atom is 0.135 e. The first-order valence-corrected chi connectivity index (χ1v) is 4.82. The fourth-order valence-corrected chi connectivity index (χ4v) is 1.66. The van der Waals surface area contributed by atoms with Crippen molar-refractivity contribution in [2.75, 3.05) is 0 Å². The first kappa shape index (κ1) is 9.71. The molecule has 0 unspecified atom stereocenters. The Bertz CT molecular complexity index is 485. The van der Waals surface area contributed by atoms with Gasteiger partial charge in [0.15, 0.2) is 0 Å². The van der Waals surface area contributed by atoms with E-state index < -0.39 is 0 Å². The lowest BCUT2D eigenvalue weighted by Crippen LogP contribution is -1.89. The van der Waals surface area contributed by atoms with Crippen LogP contribution in [0, 0.1) is 0 Å². The number of hydrogen-bond donors (Lipinski definition) is 1. The van der Waals surface area contributed by atoms with E-state index in [0.29, 0.717) is 15.7 Å². The Morgan fingerprint density at radius 3 is 2.71 bits per heavy atom. The van der Waals surface area contributed by atoms with E-state index in [1.807, 2.05) is 0 Å². The molecule has 0 amide bonds. The third-order valence-electron chi connectivity index (χ3n) is 1.97. The van der Waals surface area contributed by atoms with Gasteiger partial charge in [-0.2, -0.15) is 0 Å². The van der Waals surface area contributed by atoms with Crippen LogP contribution in [0.5, 0.6) is 0 Å². The molecule has 1 aromatic carbocycles. The van der Waals surface area contributed by atoms with E-state index in [9.17, 15) is 0 Å². The number of hydrogen-bond acceptors (Lipinski definition) is 2. The molecule has 0 atom stereocenters. The Hall–Kier alpha value is -0.830. The van der Waals surface area contributed by atoms with Crippen molar-refractivity contribution in [2.24, 2.45) is 0 Å². The molecule has 0 spiro atoms. The summed E-state index contributed by atoms with van der Waals surface area (Å²) < 4.78 is 0. The Labute approximate surface area is 91.1 Å². The summed E-state index contributed by atoms with van der Waals surface area (Å²) in [6.07, 6.45) is 0. The van der Waals surface area contributed by atoms with Crippen molar-refractivity contribution < 1.29 is 5.11 Å². The monoisotopic (exact) mass is 227 g/mol. The molecular formula is C10H7Cl2NO. The molecule has 0 aliphatic heterocycles. The van der Waals surface area contributed by atoms with Crippen LogP contribution in [0.1, 0.15) is 5.56 Å². The number of benzene rings is 1. The predicted octanol–water partition coefficient (Wildman–Crippen LogP) is 3.03. The second-order valence-electron chi connectivity index (χ2n) is 2.93. The minimum absolute atomic E-state index is 0.117. The lowest BCUT2D eigenvalue weighted by Gasteiger charge is -2.03. The summed E-state index contributed by atoms with van der Waals surface area (Å²) in [6.45, 7) is -0.117. The highest BCUT2D eigenvalue weighted by Crippen LogP contribution is 2.23. The number of pyridine rings is 1. The van der Waals surface area contributed by atoms with E-state index in [1.54, 1.807) is 24.3 Å². The zero-order valence-electron chi connectivity index (χ0n) is 7.17. The lowest BCUT2D eigenvalue weighted by molar-refractivity contribution is 0.281. The van der Waals surface area contributed by atoms with Crippen LogP contribution in [-0.2, 0) is 6.61 Å². The summed E-state index contributed by atoms with van der Waals surface area (Å²) in [4.78, 5) is 4.13. The van der Waals surface area contributed by atoms with Gasteiger partial charge in [-0.1, -0.05) is 23.2 Å². The number of halogens is 2. The number of rotatable bonds is 1. The van der Waals surface area contributed by atoms with E-state index in [1.165, 1.54) is 0 Å². The number of aliphatic hydroxyl groups excluding tert-OH is 1. The van der Waals surface area contributed by atoms with Crippen LogP contribution in [0.2, 0.25) is 10.2 Å². The average Bonchev–Trinajstić information content (AvgIpc) is 2.17. The molecule has 2 rings (SSSR count). The molecule has 72 valence electrons. The Morgan fingerprint density at radius 2 is 2.00 bits per heavy atom. The molecule has 0 bridgehead atoms. The van der Waals surface area contributed by atoms with Gasteiger partial charge >= 0.3 is 0 Å². The van der Waals surface area contributed by atoms with Crippen LogP contribution < -0.4 is 0 Å². The van der Waals surface area contributed by atoms with Crippen LogP contribution in [0.4, 0.5) is 0 Å². The molecule has 2 aromatic rings. The van der Waals surface area contributed by atoms with Gasteiger partial charge in [0.2, 0.25) is 0 Å². The van der Waals surface area contributed by atoms with Crippen molar-refractivity contribution in [2.45, 2.75) is 6.61 Å². The summed E-state index contributed by atoms with van der Waals surface area (Å²) in [5.74, 6) is 0. The molecule has 0 saturated carbocycles. The molecule has 0 saturated heterocycles. The predicted molar refractivity (Wildman–Crippen MR) is 57.7 cm³/mol. The summed E-state index contributed by atoms with van der Waals surface area (Å²) in [5, 5.41) is 10.8. The highest BCUT2D eigenvalue weighted by molar-refractivity contribution is 6.32. The van der Waals surface area contributed by atoms with Gasteiger partial charge in [0.05, 0.1) is 12.1 Å². The average molecular weight is 228 g/mol. The highest BCUT2D eigenvalue weighted by Gasteiger charge is 2.03. The number of aromatic nitrogens is 1. The highest BCUT2D eigenvalue weighted by atomic mass is 35.5. The first-order valence-electron chi connectivity index (χ1n) is 4.06. The minimum Gasteiger partial charge on any atom is -0.392 e. The summed E-state index contributed by atoms with van der Waals surface area (Å²) >= 11 is 11.7. The Balaban J connectivity index is 2.73. The summed E-state index contributed by atoms with van der Waals surface area (Å²) in [6, 6.07) is 7.13. The quantitative estimate of drug-likeness (QED) is 0.761. The summed E-state index contributed by atoms with van der Waals surface area (Å²) in [5.41, 5.74) is 1.39. The van der Waals surface area contributed by atoms with Gasteiger partial charge in [0.1, 0.15) is 5.15 Å². The molecule has 0 radical (unpaired) electrons. The van der Waals surface area contributed by atoms with Crippen molar-refractivity contribution >= 4 is 34.1 Å². The topological polar surface area (TPSA) is 33.1 Å². The zero-order valence-corrected chi connectivity index (χ0v) is 8.68. The van der Waals surface area contributed by atoms with Crippen LogP contribution >= 0.6 is 23.2 Å². The molecule has 0 aliphatic rings. The van der Waals surface area contributed by atoms with Gasteiger partial charge in [-0.3, -0.25) is 0 Å². The molecule has 1 N–H and O–H groups in total. The van der Waals surface area contributed by atoms with E-state index >= 15 is 0 Å².